The zero-order valence-electron chi connectivity index (χ0n) is 11.1. The van der Waals surface area contributed by atoms with Gasteiger partial charge in [0.05, 0.1) is 12.2 Å². The molecule has 0 fully saturated rings. The zero-order chi connectivity index (χ0) is 12.8. The minimum absolute atomic E-state index is 0.527. The molecule has 0 saturated heterocycles. The summed E-state index contributed by atoms with van der Waals surface area (Å²) >= 11 is 0. The largest absolute Gasteiger partial charge is 0.370 e. The molecule has 1 aromatic heterocycles. The van der Waals surface area contributed by atoms with E-state index in [0.29, 0.717) is 18.4 Å². The molecule has 0 unspecified atom stereocenters. The van der Waals surface area contributed by atoms with Crippen LogP contribution in [0.1, 0.15) is 25.2 Å². The van der Waals surface area contributed by atoms with E-state index in [9.17, 15) is 0 Å². The quantitative estimate of drug-likeness (QED) is 0.638. The average molecular weight is 234 g/mol. The van der Waals surface area contributed by atoms with Gasteiger partial charge < -0.3 is 10.6 Å². The zero-order valence-corrected chi connectivity index (χ0v) is 11.1. The summed E-state index contributed by atoms with van der Waals surface area (Å²) in [5.41, 5.74) is 7.93. The lowest BCUT2D eigenvalue weighted by atomic mass is 10.2. The van der Waals surface area contributed by atoms with Crippen molar-refractivity contribution in [3.63, 3.8) is 0 Å². The first kappa shape index (κ1) is 13.5. The third-order valence-corrected chi connectivity index (χ3v) is 2.35. The highest BCUT2D eigenvalue weighted by Gasteiger charge is 2.04. The molecule has 0 aliphatic carbocycles. The van der Waals surface area contributed by atoms with E-state index in [1.54, 1.807) is 0 Å². The second kappa shape index (κ2) is 6.23. The van der Waals surface area contributed by atoms with E-state index in [-0.39, 0.29) is 0 Å². The fraction of sp³-hybridized carbons (Fsp3) is 0.538. The third kappa shape index (κ3) is 4.85. The maximum atomic E-state index is 5.90. The number of nitrogens with zero attached hydrogens (tertiary/aromatic N) is 3. The molecule has 2 N–H and O–H groups in total. The van der Waals surface area contributed by atoms with Crippen LogP contribution in [-0.4, -0.2) is 29.4 Å². The van der Waals surface area contributed by atoms with Crippen molar-refractivity contribution in [2.24, 2.45) is 16.6 Å². The monoisotopic (exact) mass is 234 g/mol. The molecule has 17 heavy (non-hydrogen) atoms. The summed E-state index contributed by atoms with van der Waals surface area (Å²) in [6.07, 6.45) is 0. The van der Waals surface area contributed by atoms with Crippen LogP contribution in [0, 0.1) is 12.8 Å². The summed E-state index contributed by atoms with van der Waals surface area (Å²) in [4.78, 5) is 10.7. The van der Waals surface area contributed by atoms with E-state index in [2.05, 4.69) is 23.8 Å². The fourth-order valence-corrected chi connectivity index (χ4v) is 1.41. The molecule has 0 aliphatic heterocycles. The normalized spacial score (nSPS) is 11.9. The minimum atomic E-state index is 0.527. The first-order valence-electron chi connectivity index (χ1n) is 5.92. The predicted molar refractivity (Wildman–Crippen MR) is 71.8 cm³/mol. The molecule has 0 amide bonds. The Morgan fingerprint density at radius 2 is 2.18 bits per heavy atom. The number of pyridine rings is 1. The number of aliphatic imine (C=N–C) groups is 1. The number of aryl methyl sites for hydroxylation is 1. The van der Waals surface area contributed by atoms with Gasteiger partial charge in [-0.25, -0.2) is 0 Å². The van der Waals surface area contributed by atoms with Crippen LogP contribution in [0.3, 0.4) is 0 Å². The van der Waals surface area contributed by atoms with Gasteiger partial charge in [-0.3, -0.25) is 9.98 Å². The van der Waals surface area contributed by atoms with Crippen molar-refractivity contribution < 1.29 is 0 Å². The van der Waals surface area contributed by atoms with E-state index < -0.39 is 0 Å². The van der Waals surface area contributed by atoms with Gasteiger partial charge in [-0.1, -0.05) is 19.9 Å². The first-order valence-corrected chi connectivity index (χ1v) is 5.92. The number of guanidine groups is 1. The summed E-state index contributed by atoms with van der Waals surface area (Å²) in [6, 6.07) is 5.99. The molecule has 0 bridgehead atoms. The van der Waals surface area contributed by atoms with Crippen LogP contribution in [0.25, 0.3) is 0 Å². The Balaban J connectivity index is 2.59. The molecule has 0 atom stereocenters. The second-order valence-electron chi connectivity index (χ2n) is 4.72. The summed E-state index contributed by atoms with van der Waals surface area (Å²) in [7, 11) is 1.93. The topological polar surface area (TPSA) is 54.5 Å². The number of rotatable bonds is 4. The van der Waals surface area contributed by atoms with Crippen molar-refractivity contribution in [1.29, 1.82) is 0 Å². The van der Waals surface area contributed by atoms with Crippen molar-refractivity contribution in [2.45, 2.75) is 27.3 Å². The Hall–Kier alpha value is -1.58. The maximum absolute atomic E-state index is 5.90. The number of hydrogen-bond acceptors (Lipinski definition) is 2. The van der Waals surface area contributed by atoms with Gasteiger partial charge in [-0.05, 0) is 25.0 Å². The molecular weight excluding hydrogens is 212 g/mol. The second-order valence-corrected chi connectivity index (χ2v) is 4.72. The Morgan fingerprint density at radius 3 is 2.76 bits per heavy atom. The summed E-state index contributed by atoms with van der Waals surface area (Å²) in [5, 5.41) is 0. The van der Waals surface area contributed by atoms with E-state index in [4.69, 9.17) is 5.73 Å². The molecule has 1 heterocycles. The van der Waals surface area contributed by atoms with Gasteiger partial charge in [0.2, 0.25) is 0 Å². The van der Waals surface area contributed by atoms with Crippen molar-refractivity contribution in [3.8, 4) is 0 Å². The highest BCUT2D eigenvalue weighted by atomic mass is 15.2. The molecule has 0 aliphatic rings. The van der Waals surface area contributed by atoms with E-state index in [1.165, 1.54) is 0 Å². The average Bonchev–Trinajstić information content (AvgIpc) is 2.25. The lowest BCUT2D eigenvalue weighted by Crippen LogP contribution is -2.34. The van der Waals surface area contributed by atoms with Crippen LogP contribution in [0.15, 0.2) is 23.2 Å². The third-order valence-electron chi connectivity index (χ3n) is 2.35. The number of aromatic nitrogens is 1. The van der Waals surface area contributed by atoms with Crippen LogP contribution < -0.4 is 5.73 Å². The number of hydrogen-bond donors (Lipinski definition) is 1. The van der Waals surface area contributed by atoms with Crippen molar-refractivity contribution in [1.82, 2.24) is 9.88 Å². The van der Waals surface area contributed by atoms with E-state index in [1.807, 2.05) is 37.1 Å². The molecule has 1 aromatic rings. The van der Waals surface area contributed by atoms with Crippen molar-refractivity contribution in [3.05, 3.63) is 29.6 Å². The van der Waals surface area contributed by atoms with Crippen LogP contribution in [-0.2, 0) is 6.54 Å². The molecule has 0 aromatic carbocycles. The Labute approximate surface area is 104 Å². The lowest BCUT2D eigenvalue weighted by Gasteiger charge is -2.18. The van der Waals surface area contributed by atoms with Gasteiger partial charge in [-0.15, -0.1) is 0 Å². The molecule has 1 rings (SSSR count). The minimum Gasteiger partial charge on any atom is -0.370 e. The van der Waals surface area contributed by atoms with E-state index >= 15 is 0 Å². The predicted octanol–water partition coefficient (Wildman–Crippen LogP) is 1.79. The Morgan fingerprint density at radius 1 is 1.47 bits per heavy atom. The highest BCUT2D eigenvalue weighted by Crippen LogP contribution is 2.02. The molecule has 0 saturated carbocycles. The van der Waals surface area contributed by atoms with Gasteiger partial charge in [0.1, 0.15) is 0 Å². The first-order chi connectivity index (χ1) is 7.99. The Bertz CT molecular complexity index is 385. The van der Waals surface area contributed by atoms with Crippen LogP contribution in [0.5, 0.6) is 0 Å². The highest BCUT2D eigenvalue weighted by molar-refractivity contribution is 5.77. The molecule has 0 radical (unpaired) electrons. The fourth-order valence-electron chi connectivity index (χ4n) is 1.41. The van der Waals surface area contributed by atoms with Gasteiger partial charge in [0, 0.05) is 19.3 Å². The SMILES string of the molecule is Cc1cccc(CN(C)C(N)=NCC(C)C)n1. The molecule has 94 valence electrons. The molecule has 0 spiro atoms. The van der Waals surface area contributed by atoms with E-state index in [0.717, 1.165) is 17.9 Å². The van der Waals surface area contributed by atoms with Gasteiger partial charge in [0.25, 0.3) is 0 Å². The smallest absolute Gasteiger partial charge is 0.191 e. The van der Waals surface area contributed by atoms with Crippen molar-refractivity contribution >= 4 is 5.96 Å². The van der Waals surface area contributed by atoms with Crippen molar-refractivity contribution in [2.75, 3.05) is 13.6 Å². The summed E-state index contributed by atoms with van der Waals surface area (Å²) in [5.74, 6) is 1.10. The molecule has 4 heteroatoms. The summed E-state index contributed by atoms with van der Waals surface area (Å²) < 4.78 is 0. The molecule has 4 nitrogen and oxygen atoms in total. The number of nitrogens with two attached hydrogens (primary N) is 1. The summed E-state index contributed by atoms with van der Waals surface area (Å²) in [6.45, 7) is 7.68. The van der Waals surface area contributed by atoms with Gasteiger partial charge in [0.15, 0.2) is 5.96 Å². The van der Waals surface area contributed by atoms with Crippen LogP contribution >= 0.6 is 0 Å². The Kier molecular flexibility index (Phi) is 4.94. The standard InChI is InChI=1S/C13H22N4/c1-10(2)8-15-13(14)17(4)9-12-7-5-6-11(3)16-12/h5-7,10H,8-9H2,1-4H3,(H2,14,15). The maximum Gasteiger partial charge on any atom is 0.191 e. The van der Waals surface area contributed by atoms with Gasteiger partial charge in [-0.2, -0.15) is 0 Å². The lowest BCUT2D eigenvalue weighted by molar-refractivity contribution is 0.481. The van der Waals surface area contributed by atoms with Gasteiger partial charge >= 0.3 is 0 Å². The van der Waals surface area contributed by atoms with Crippen LogP contribution in [0.4, 0.5) is 0 Å². The molecular formula is C13H22N4. The van der Waals surface area contributed by atoms with Crippen LogP contribution in [0.2, 0.25) is 0 Å².